The predicted octanol–water partition coefficient (Wildman–Crippen LogP) is 4.53. The Morgan fingerprint density at radius 3 is 1.22 bits per heavy atom. The Morgan fingerprint density at radius 2 is 0.913 bits per heavy atom. The normalized spacial score (nSPS) is 10.1. The number of nitro benzene ring substituents is 2. The van der Waals surface area contributed by atoms with Crippen LogP contribution in [0.15, 0.2) is 72.8 Å². The Labute approximate surface area is 255 Å². The van der Waals surface area contributed by atoms with Crippen molar-refractivity contribution >= 4 is 57.9 Å². The van der Waals surface area contributed by atoms with Crippen LogP contribution in [0, 0.1) is 31.9 Å². The molecule has 0 aliphatic rings. The van der Waals surface area contributed by atoms with Gasteiger partial charge in [0.2, 0.25) is 11.6 Å². The van der Waals surface area contributed by atoms with E-state index in [1.54, 1.807) is 0 Å². The van der Waals surface area contributed by atoms with Crippen LogP contribution in [0.5, 0.6) is 0 Å². The molecule has 0 atom stereocenters. The number of benzene rings is 4. The minimum atomic E-state index is -1.21. The zero-order chi connectivity index (χ0) is 34.3. The lowest BCUT2D eigenvalue weighted by molar-refractivity contribution is -0.387. The highest BCUT2D eigenvalue weighted by Gasteiger charge is 2.20. The number of aromatic carboxylic acids is 2. The summed E-state index contributed by atoms with van der Waals surface area (Å²) in [6, 6.07) is 12.7. The molecule has 0 radical (unpaired) electrons. The molecule has 2 amide bonds. The van der Waals surface area contributed by atoms with E-state index in [0.29, 0.717) is 0 Å². The molecule has 0 saturated heterocycles. The third-order valence-corrected chi connectivity index (χ3v) is 5.91. The average molecular weight is 638 g/mol. The number of nitrogen functional groups attached to an aromatic ring is 2. The first-order valence-electron chi connectivity index (χ1n) is 12.3. The molecule has 0 aromatic heterocycles. The number of nitrogens with one attached hydrogen (secondary N) is 2. The van der Waals surface area contributed by atoms with Crippen LogP contribution in [0.25, 0.3) is 0 Å². The lowest BCUT2D eigenvalue weighted by Gasteiger charge is -2.09. The number of nitrogens with two attached hydrogens (primary N) is 2. The number of rotatable bonds is 8. The van der Waals surface area contributed by atoms with E-state index in [2.05, 4.69) is 10.6 Å². The predicted molar refractivity (Wildman–Crippen MR) is 158 cm³/mol. The van der Waals surface area contributed by atoms with Crippen LogP contribution in [-0.2, 0) is 0 Å². The molecule has 4 rings (SSSR count). The third kappa shape index (κ3) is 8.10. The Morgan fingerprint density at radius 1 is 0.587 bits per heavy atom. The highest BCUT2D eigenvalue weighted by Crippen LogP contribution is 2.25. The summed E-state index contributed by atoms with van der Waals surface area (Å²) < 4.78 is 26.5. The Hall–Kier alpha value is -6.98. The summed E-state index contributed by atoms with van der Waals surface area (Å²) in [5.41, 5.74) is 9.35. The standard InChI is InChI=1S/2C14H10FN3O5/c2*15-9-3-1-7(6-12(9)18(22)23)13(19)17-11-5-8(14(20)21)2-4-10(11)16/h2*1-6H,16H2,(H,17,19)(H,20,21). The highest BCUT2D eigenvalue weighted by molar-refractivity contribution is 6.07. The van der Waals surface area contributed by atoms with Gasteiger partial charge in [-0.1, -0.05) is 0 Å². The van der Waals surface area contributed by atoms with Gasteiger partial charge in [-0.05, 0) is 60.7 Å². The van der Waals surface area contributed by atoms with Gasteiger partial charge in [0.1, 0.15) is 0 Å². The maximum Gasteiger partial charge on any atom is 0.335 e. The van der Waals surface area contributed by atoms with Gasteiger partial charge in [-0.15, -0.1) is 0 Å². The van der Waals surface area contributed by atoms with Gasteiger partial charge in [0, 0.05) is 23.3 Å². The summed E-state index contributed by atoms with van der Waals surface area (Å²) in [7, 11) is 0. The Balaban J connectivity index is 0.000000250. The summed E-state index contributed by atoms with van der Waals surface area (Å²) in [6.45, 7) is 0. The molecule has 0 aliphatic heterocycles. The van der Waals surface area contributed by atoms with Gasteiger partial charge in [-0.25, -0.2) is 9.59 Å². The van der Waals surface area contributed by atoms with Gasteiger partial charge < -0.3 is 32.3 Å². The molecule has 0 saturated carbocycles. The molecule has 236 valence electrons. The van der Waals surface area contributed by atoms with Crippen molar-refractivity contribution in [3.05, 3.63) is 127 Å². The number of carbonyl (C=O) groups is 4. The summed E-state index contributed by atoms with van der Waals surface area (Å²) >= 11 is 0. The molecular formula is C28H20F2N6O10. The van der Waals surface area contributed by atoms with Crippen LogP contribution < -0.4 is 22.1 Å². The van der Waals surface area contributed by atoms with Gasteiger partial charge in [0.15, 0.2) is 0 Å². The topological polar surface area (TPSA) is 271 Å². The van der Waals surface area contributed by atoms with Gasteiger partial charge >= 0.3 is 23.3 Å². The maximum atomic E-state index is 13.3. The second-order valence-corrected chi connectivity index (χ2v) is 8.97. The summed E-state index contributed by atoms with van der Waals surface area (Å²) in [5, 5.41) is 43.8. The molecule has 0 spiro atoms. The number of carboxylic acid groups (broad SMARTS) is 2. The van der Waals surface area contributed by atoms with Crippen molar-refractivity contribution in [1.29, 1.82) is 0 Å². The van der Waals surface area contributed by atoms with Crippen LogP contribution in [0.4, 0.5) is 42.9 Å². The first-order chi connectivity index (χ1) is 21.6. The monoisotopic (exact) mass is 638 g/mol. The molecule has 18 heteroatoms. The van der Waals surface area contributed by atoms with E-state index in [-0.39, 0.29) is 45.0 Å². The van der Waals surface area contributed by atoms with E-state index in [9.17, 15) is 48.2 Å². The zero-order valence-electron chi connectivity index (χ0n) is 22.9. The average Bonchev–Trinajstić information content (AvgIpc) is 2.99. The SMILES string of the molecule is Nc1ccc(C(=O)O)cc1NC(=O)c1ccc(F)c([N+](=O)[O-])c1.Nc1ccc(C(=O)O)cc1NC(=O)c1ccc(F)c([N+](=O)[O-])c1. The fourth-order valence-corrected chi connectivity index (χ4v) is 3.57. The number of nitrogens with zero attached hydrogens (tertiary/aromatic N) is 2. The molecule has 0 unspecified atom stereocenters. The highest BCUT2D eigenvalue weighted by atomic mass is 19.1. The van der Waals surface area contributed by atoms with Crippen molar-refractivity contribution < 1.29 is 48.0 Å². The largest absolute Gasteiger partial charge is 0.478 e. The second-order valence-electron chi connectivity index (χ2n) is 8.97. The number of carbonyl (C=O) groups excluding carboxylic acids is 2. The Bertz CT molecular complexity index is 1780. The van der Waals surface area contributed by atoms with E-state index < -0.39 is 56.6 Å². The van der Waals surface area contributed by atoms with Gasteiger partial charge in [-0.3, -0.25) is 29.8 Å². The Kier molecular flexibility index (Phi) is 10.2. The van der Waals surface area contributed by atoms with Crippen molar-refractivity contribution in [2.75, 3.05) is 22.1 Å². The number of hydrogen-bond donors (Lipinski definition) is 6. The molecule has 0 aliphatic carbocycles. The number of hydrogen-bond acceptors (Lipinski definition) is 10. The van der Waals surface area contributed by atoms with Gasteiger partial charge in [-0.2, -0.15) is 8.78 Å². The minimum absolute atomic E-state index is 0.0295. The molecule has 46 heavy (non-hydrogen) atoms. The second kappa shape index (κ2) is 14.0. The van der Waals surface area contributed by atoms with Crippen LogP contribution in [0.1, 0.15) is 41.4 Å². The van der Waals surface area contributed by atoms with E-state index in [1.165, 1.54) is 24.3 Å². The summed E-state index contributed by atoms with van der Waals surface area (Å²) in [4.78, 5) is 65.4. The molecular weight excluding hydrogens is 618 g/mol. The molecule has 0 bridgehead atoms. The molecule has 0 heterocycles. The van der Waals surface area contributed by atoms with Crippen molar-refractivity contribution in [2.45, 2.75) is 0 Å². The lowest BCUT2D eigenvalue weighted by atomic mass is 10.1. The molecule has 4 aromatic carbocycles. The number of nitro groups is 2. The third-order valence-electron chi connectivity index (χ3n) is 5.91. The fourth-order valence-electron chi connectivity index (χ4n) is 3.57. The summed E-state index contributed by atoms with van der Waals surface area (Å²) in [5.74, 6) is -6.14. The van der Waals surface area contributed by atoms with Crippen molar-refractivity contribution in [3.8, 4) is 0 Å². The zero-order valence-corrected chi connectivity index (χ0v) is 22.9. The fraction of sp³-hybridized carbons (Fsp3) is 0. The lowest BCUT2D eigenvalue weighted by Crippen LogP contribution is -2.14. The van der Waals surface area contributed by atoms with Crippen LogP contribution in [0.3, 0.4) is 0 Å². The molecule has 0 fully saturated rings. The first-order valence-corrected chi connectivity index (χ1v) is 12.3. The van der Waals surface area contributed by atoms with E-state index >= 15 is 0 Å². The van der Waals surface area contributed by atoms with Crippen molar-refractivity contribution in [3.63, 3.8) is 0 Å². The molecule has 8 N–H and O–H groups in total. The van der Waals surface area contributed by atoms with E-state index in [0.717, 1.165) is 48.5 Å². The van der Waals surface area contributed by atoms with Crippen LogP contribution >= 0.6 is 0 Å². The van der Waals surface area contributed by atoms with Crippen LogP contribution in [0.2, 0.25) is 0 Å². The summed E-state index contributed by atoms with van der Waals surface area (Å²) in [6.07, 6.45) is 0. The van der Waals surface area contributed by atoms with Gasteiger partial charge in [0.05, 0.1) is 43.7 Å². The van der Waals surface area contributed by atoms with E-state index in [1.807, 2.05) is 0 Å². The van der Waals surface area contributed by atoms with Gasteiger partial charge in [0.25, 0.3) is 11.8 Å². The quantitative estimate of drug-likeness (QED) is 0.0882. The molecule has 16 nitrogen and oxygen atoms in total. The van der Waals surface area contributed by atoms with E-state index in [4.69, 9.17) is 21.7 Å². The van der Waals surface area contributed by atoms with Crippen molar-refractivity contribution in [2.24, 2.45) is 0 Å². The maximum absolute atomic E-state index is 13.3. The minimum Gasteiger partial charge on any atom is -0.478 e. The number of anilines is 4. The smallest absolute Gasteiger partial charge is 0.335 e. The number of amides is 2. The van der Waals surface area contributed by atoms with Crippen LogP contribution in [-0.4, -0.2) is 43.8 Å². The number of carboxylic acids is 2. The first kappa shape index (κ1) is 33.5. The van der Waals surface area contributed by atoms with Crippen molar-refractivity contribution in [1.82, 2.24) is 0 Å². The number of halogens is 2. The molecule has 4 aromatic rings.